The molecular weight excluding hydrogens is 316 g/mol. The summed E-state index contributed by atoms with van der Waals surface area (Å²) in [7, 11) is 0. The summed E-state index contributed by atoms with van der Waals surface area (Å²) in [6.07, 6.45) is 15.0. The first-order valence-corrected chi connectivity index (χ1v) is 11.2. The van der Waals surface area contributed by atoms with Crippen molar-refractivity contribution < 1.29 is 5.11 Å². The van der Waals surface area contributed by atoms with Gasteiger partial charge in [0.15, 0.2) is 0 Å². The van der Waals surface area contributed by atoms with Gasteiger partial charge in [-0.1, -0.05) is 37.1 Å². The number of hydrogen-bond donors (Lipinski definition) is 1. The molecule has 0 bridgehead atoms. The van der Waals surface area contributed by atoms with Gasteiger partial charge in [0, 0.05) is 0 Å². The molecule has 26 heavy (non-hydrogen) atoms. The van der Waals surface area contributed by atoms with E-state index in [4.69, 9.17) is 0 Å². The van der Waals surface area contributed by atoms with E-state index >= 15 is 0 Å². The van der Waals surface area contributed by atoms with Crippen molar-refractivity contribution in [1.29, 1.82) is 0 Å². The van der Waals surface area contributed by atoms with E-state index in [1.807, 2.05) is 0 Å². The molecule has 3 aliphatic carbocycles. The number of allylic oxidation sites excluding steroid dienone is 4. The van der Waals surface area contributed by atoms with Gasteiger partial charge in [-0.05, 0) is 114 Å². The summed E-state index contributed by atoms with van der Waals surface area (Å²) in [5.74, 6) is 3.56. The summed E-state index contributed by atoms with van der Waals surface area (Å²) in [6, 6.07) is 0. The molecule has 148 valence electrons. The maximum atomic E-state index is 11.1. The lowest BCUT2D eigenvalue weighted by molar-refractivity contribution is -0.0183. The van der Waals surface area contributed by atoms with Crippen LogP contribution in [0.15, 0.2) is 23.3 Å². The molecule has 0 aromatic carbocycles. The third kappa shape index (κ3) is 3.84. The van der Waals surface area contributed by atoms with E-state index in [9.17, 15) is 5.11 Å². The third-order valence-corrected chi connectivity index (χ3v) is 8.58. The molecule has 2 fully saturated rings. The van der Waals surface area contributed by atoms with Crippen LogP contribution < -0.4 is 0 Å². The zero-order chi connectivity index (χ0) is 19.1. The Morgan fingerprint density at radius 3 is 2.65 bits per heavy atom. The smallest absolute Gasteiger partial charge is 0.0653 e. The Balaban J connectivity index is 1.79. The highest BCUT2D eigenvalue weighted by Gasteiger charge is 2.53. The Morgan fingerprint density at radius 2 is 1.96 bits per heavy atom. The maximum absolute atomic E-state index is 11.1. The normalized spacial score (nSPS) is 45.7. The molecule has 0 amide bonds. The van der Waals surface area contributed by atoms with Gasteiger partial charge in [-0.15, -0.1) is 0 Å². The minimum absolute atomic E-state index is 0.421. The molecule has 3 rings (SSSR count). The first-order valence-electron chi connectivity index (χ1n) is 11.2. The molecule has 1 N–H and O–H groups in total. The van der Waals surface area contributed by atoms with E-state index < -0.39 is 5.60 Å². The molecule has 7 atom stereocenters. The van der Waals surface area contributed by atoms with Crippen LogP contribution in [0.4, 0.5) is 0 Å². The average molecular weight is 359 g/mol. The lowest BCUT2D eigenvalue weighted by atomic mass is 9.63. The molecule has 1 nitrogen and oxygen atoms in total. The number of aliphatic hydroxyl groups is 1. The predicted molar refractivity (Wildman–Crippen MR) is 112 cm³/mol. The SMILES string of the molecule is CC(C)=CCC[C@H](C)[C@@H]1CC[C@]2(C)C[C@H]3[C@H](CC[C@@]3(C)O)/C(C)=C\C[C@@H]12. The predicted octanol–water partition coefficient (Wildman–Crippen LogP) is 6.92. The molecule has 2 saturated carbocycles. The van der Waals surface area contributed by atoms with Gasteiger partial charge in [0.05, 0.1) is 5.60 Å². The Bertz CT molecular complexity index is 565. The molecule has 0 aromatic rings. The minimum Gasteiger partial charge on any atom is -0.390 e. The van der Waals surface area contributed by atoms with Crippen LogP contribution in [0.2, 0.25) is 0 Å². The molecule has 0 spiro atoms. The summed E-state index contributed by atoms with van der Waals surface area (Å²) >= 11 is 0. The first kappa shape index (κ1) is 20.2. The van der Waals surface area contributed by atoms with Crippen molar-refractivity contribution >= 4 is 0 Å². The Morgan fingerprint density at radius 1 is 1.23 bits per heavy atom. The van der Waals surface area contributed by atoms with Crippen molar-refractivity contribution in [3.05, 3.63) is 23.3 Å². The highest BCUT2D eigenvalue weighted by molar-refractivity contribution is 5.16. The van der Waals surface area contributed by atoms with E-state index in [-0.39, 0.29) is 0 Å². The van der Waals surface area contributed by atoms with Crippen molar-refractivity contribution in [1.82, 2.24) is 0 Å². The number of rotatable bonds is 4. The lowest BCUT2D eigenvalue weighted by Gasteiger charge is -2.43. The first-order chi connectivity index (χ1) is 12.1. The van der Waals surface area contributed by atoms with E-state index in [0.29, 0.717) is 17.3 Å². The van der Waals surface area contributed by atoms with Gasteiger partial charge in [-0.3, -0.25) is 0 Å². The molecule has 3 aliphatic rings. The fourth-order valence-electron chi connectivity index (χ4n) is 6.78. The number of hydrogen-bond acceptors (Lipinski definition) is 1. The Kier molecular flexibility index (Phi) is 5.79. The molecule has 0 unspecified atom stereocenters. The Hall–Kier alpha value is -0.560. The molecule has 0 aliphatic heterocycles. The maximum Gasteiger partial charge on any atom is 0.0653 e. The fourth-order valence-corrected chi connectivity index (χ4v) is 6.78. The van der Waals surface area contributed by atoms with E-state index in [2.05, 4.69) is 53.7 Å². The van der Waals surface area contributed by atoms with Gasteiger partial charge in [0.25, 0.3) is 0 Å². The van der Waals surface area contributed by atoms with Crippen molar-refractivity contribution in [2.45, 2.75) is 98.5 Å². The molecule has 0 heterocycles. The summed E-state index contributed by atoms with van der Waals surface area (Å²) in [5.41, 5.74) is 2.98. The molecule has 1 heteroatoms. The van der Waals surface area contributed by atoms with E-state index in [1.54, 1.807) is 5.57 Å². The monoisotopic (exact) mass is 358 g/mol. The second kappa shape index (κ2) is 7.46. The van der Waals surface area contributed by atoms with E-state index in [1.165, 1.54) is 50.5 Å². The zero-order valence-electron chi connectivity index (χ0n) is 18.1. The average Bonchev–Trinajstić information content (AvgIpc) is 3.01. The summed E-state index contributed by atoms with van der Waals surface area (Å²) in [6.45, 7) is 13.9. The highest BCUT2D eigenvalue weighted by atomic mass is 16.3. The summed E-state index contributed by atoms with van der Waals surface area (Å²) < 4.78 is 0. The largest absolute Gasteiger partial charge is 0.390 e. The zero-order valence-corrected chi connectivity index (χ0v) is 18.1. The standard InChI is InChI=1S/C25H42O/c1-17(2)8-7-9-18(3)20-12-14-24(5)16-23-21(13-15-25(23,6)26)19(4)10-11-22(20)24/h8,10,18,20-23,26H,7,9,11-16H2,1-6H3/b19-10-/t18-,20-,21+,22-,23-,24+,25+/m0/s1. The van der Waals surface area contributed by atoms with Crippen molar-refractivity contribution in [3.63, 3.8) is 0 Å². The van der Waals surface area contributed by atoms with Gasteiger partial charge in [-0.2, -0.15) is 0 Å². The molecule has 0 radical (unpaired) electrons. The topological polar surface area (TPSA) is 20.2 Å². The number of fused-ring (bicyclic) bond motifs is 2. The fraction of sp³-hybridized carbons (Fsp3) is 0.840. The minimum atomic E-state index is -0.460. The van der Waals surface area contributed by atoms with Gasteiger partial charge >= 0.3 is 0 Å². The Labute approximate surface area is 162 Å². The molecule has 0 aromatic heterocycles. The van der Waals surface area contributed by atoms with Crippen LogP contribution in [0.3, 0.4) is 0 Å². The van der Waals surface area contributed by atoms with Crippen LogP contribution in [-0.2, 0) is 0 Å². The summed E-state index contributed by atoms with van der Waals surface area (Å²) in [4.78, 5) is 0. The second-order valence-corrected chi connectivity index (χ2v) is 10.8. The van der Waals surface area contributed by atoms with Crippen LogP contribution in [0.5, 0.6) is 0 Å². The highest BCUT2D eigenvalue weighted by Crippen LogP contribution is 2.60. The van der Waals surface area contributed by atoms with Crippen LogP contribution in [-0.4, -0.2) is 10.7 Å². The van der Waals surface area contributed by atoms with Gasteiger partial charge in [0.1, 0.15) is 0 Å². The van der Waals surface area contributed by atoms with Crippen LogP contribution >= 0.6 is 0 Å². The van der Waals surface area contributed by atoms with Crippen LogP contribution in [0.25, 0.3) is 0 Å². The van der Waals surface area contributed by atoms with Crippen molar-refractivity contribution in [3.8, 4) is 0 Å². The van der Waals surface area contributed by atoms with Gasteiger partial charge in [-0.25, -0.2) is 0 Å². The summed E-state index contributed by atoms with van der Waals surface area (Å²) in [5, 5.41) is 11.1. The van der Waals surface area contributed by atoms with Gasteiger partial charge in [0.2, 0.25) is 0 Å². The quantitative estimate of drug-likeness (QED) is 0.541. The van der Waals surface area contributed by atoms with E-state index in [0.717, 1.165) is 24.2 Å². The van der Waals surface area contributed by atoms with Crippen molar-refractivity contribution in [2.75, 3.05) is 0 Å². The third-order valence-electron chi connectivity index (χ3n) is 8.58. The van der Waals surface area contributed by atoms with Crippen molar-refractivity contribution in [2.24, 2.45) is 35.0 Å². The van der Waals surface area contributed by atoms with Crippen LogP contribution in [0, 0.1) is 35.0 Å². The molecular formula is C25H42O. The van der Waals surface area contributed by atoms with Crippen LogP contribution in [0.1, 0.15) is 92.9 Å². The molecule has 0 saturated heterocycles. The second-order valence-electron chi connectivity index (χ2n) is 10.8. The lowest BCUT2D eigenvalue weighted by Crippen LogP contribution is -2.39. The van der Waals surface area contributed by atoms with Gasteiger partial charge < -0.3 is 5.11 Å².